The van der Waals surface area contributed by atoms with Crippen LogP contribution in [0.25, 0.3) is 0 Å². The van der Waals surface area contributed by atoms with Gasteiger partial charge in [0, 0.05) is 55.6 Å². The summed E-state index contributed by atoms with van der Waals surface area (Å²) in [4.78, 5) is 31.0. The summed E-state index contributed by atoms with van der Waals surface area (Å²) in [6, 6.07) is 4.16. The van der Waals surface area contributed by atoms with Crippen LogP contribution in [0.5, 0.6) is 5.88 Å². The summed E-state index contributed by atoms with van der Waals surface area (Å²) in [5, 5.41) is 7.85. The second kappa shape index (κ2) is 11.0. The zero-order valence-corrected chi connectivity index (χ0v) is 21.7. The van der Waals surface area contributed by atoms with Crippen molar-refractivity contribution in [2.24, 2.45) is 5.92 Å². The molecular weight excluding hydrogens is 454 g/mol. The third-order valence-electron chi connectivity index (χ3n) is 8.18. The molecule has 3 heterocycles. The Labute approximate surface area is 213 Å². The molecular formula is C28H39N5O3. The minimum absolute atomic E-state index is 0.000603. The number of carbonyl (C=O) groups excluding carboxylic acids is 2. The molecule has 0 unspecified atom stereocenters. The Hall–Kier alpha value is -2.90. The first-order valence-electron chi connectivity index (χ1n) is 13.7. The van der Waals surface area contributed by atoms with Crippen LogP contribution in [0.15, 0.2) is 18.3 Å². The molecule has 8 heteroatoms. The fraction of sp³-hybridized carbons (Fsp3) is 0.643. The summed E-state index contributed by atoms with van der Waals surface area (Å²) < 4.78 is 8.32. The number of hydrogen-bond donors (Lipinski definition) is 1. The van der Waals surface area contributed by atoms with Gasteiger partial charge in [-0.15, -0.1) is 0 Å². The number of aromatic nitrogens is 3. The topological polar surface area (TPSA) is 89.4 Å². The van der Waals surface area contributed by atoms with E-state index >= 15 is 0 Å². The lowest BCUT2D eigenvalue weighted by Crippen LogP contribution is -2.46. The van der Waals surface area contributed by atoms with Crippen LogP contribution in [0.1, 0.15) is 85.6 Å². The van der Waals surface area contributed by atoms with E-state index in [0.717, 1.165) is 82.2 Å². The molecule has 1 N–H and O–H groups in total. The Morgan fingerprint density at radius 1 is 1.11 bits per heavy atom. The number of rotatable bonds is 7. The highest BCUT2D eigenvalue weighted by molar-refractivity contribution is 5.94. The van der Waals surface area contributed by atoms with Gasteiger partial charge in [-0.3, -0.25) is 14.3 Å². The quantitative estimate of drug-likeness (QED) is 0.633. The zero-order valence-electron chi connectivity index (χ0n) is 21.7. The van der Waals surface area contributed by atoms with Gasteiger partial charge in [0.05, 0.1) is 0 Å². The van der Waals surface area contributed by atoms with Gasteiger partial charge in [0.2, 0.25) is 11.8 Å². The molecule has 2 aromatic rings. The van der Waals surface area contributed by atoms with E-state index in [1.165, 1.54) is 11.3 Å². The highest BCUT2D eigenvalue weighted by atomic mass is 16.5. The lowest BCUT2D eigenvalue weighted by Gasteiger charge is -2.32. The number of nitrogens with one attached hydrogen (secondary N) is 1. The van der Waals surface area contributed by atoms with E-state index in [-0.39, 0.29) is 24.0 Å². The number of nitrogens with zero attached hydrogens (tertiary/aromatic N) is 4. The van der Waals surface area contributed by atoms with E-state index in [9.17, 15) is 9.59 Å². The van der Waals surface area contributed by atoms with Crippen molar-refractivity contribution in [2.75, 3.05) is 13.1 Å². The molecule has 0 radical (unpaired) electrons. The summed E-state index contributed by atoms with van der Waals surface area (Å²) in [6.45, 7) is 5.83. The first-order valence-corrected chi connectivity index (χ1v) is 13.7. The highest BCUT2D eigenvalue weighted by Gasteiger charge is 2.31. The Kier molecular flexibility index (Phi) is 7.58. The van der Waals surface area contributed by atoms with Gasteiger partial charge >= 0.3 is 0 Å². The molecule has 2 aliphatic carbocycles. The van der Waals surface area contributed by atoms with Crippen LogP contribution in [0.2, 0.25) is 0 Å². The van der Waals surface area contributed by atoms with Crippen molar-refractivity contribution in [1.29, 1.82) is 0 Å². The van der Waals surface area contributed by atoms with Crippen molar-refractivity contribution in [3.05, 3.63) is 40.8 Å². The molecule has 3 aliphatic rings. The predicted molar refractivity (Wildman–Crippen MR) is 137 cm³/mol. The summed E-state index contributed by atoms with van der Waals surface area (Å²) in [5.41, 5.74) is 4.21. The second-order valence-corrected chi connectivity index (χ2v) is 10.8. The molecule has 194 valence electrons. The van der Waals surface area contributed by atoms with Crippen molar-refractivity contribution in [1.82, 2.24) is 25.0 Å². The lowest BCUT2D eigenvalue weighted by molar-refractivity contribution is -0.119. The molecule has 2 amide bonds. The summed E-state index contributed by atoms with van der Waals surface area (Å²) >= 11 is 0. The van der Waals surface area contributed by atoms with E-state index in [2.05, 4.69) is 15.0 Å². The average Bonchev–Trinajstić information content (AvgIpc) is 3.48. The van der Waals surface area contributed by atoms with Crippen molar-refractivity contribution in [2.45, 2.75) is 96.7 Å². The number of amides is 2. The van der Waals surface area contributed by atoms with Crippen LogP contribution >= 0.6 is 0 Å². The molecule has 36 heavy (non-hydrogen) atoms. The molecule has 0 atom stereocenters. The highest BCUT2D eigenvalue weighted by Crippen LogP contribution is 2.32. The van der Waals surface area contributed by atoms with Crippen molar-refractivity contribution >= 4 is 11.8 Å². The minimum Gasteiger partial charge on any atom is -0.474 e. The van der Waals surface area contributed by atoms with E-state index < -0.39 is 0 Å². The molecule has 0 bridgehead atoms. The maximum Gasteiger partial charge on any atom is 0.274 e. The van der Waals surface area contributed by atoms with Gasteiger partial charge in [0.1, 0.15) is 6.10 Å². The molecule has 0 aromatic carbocycles. The summed E-state index contributed by atoms with van der Waals surface area (Å²) in [5.74, 6) is 1.50. The lowest BCUT2D eigenvalue weighted by atomic mass is 9.85. The molecule has 2 aromatic heterocycles. The Morgan fingerprint density at radius 2 is 1.89 bits per heavy atom. The third kappa shape index (κ3) is 5.57. The maximum atomic E-state index is 13.4. The van der Waals surface area contributed by atoms with Crippen molar-refractivity contribution < 1.29 is 14.3 Å². The fourth-order valence-electron chi connectivity index (χ4n) is 6.13. The normalized spacial score (nSPS) is 22.3. The number of ether oxygens (including phenoxy) is 1. The van der Waals surface area contributed by atoms with E-state index in [4.69, 9.17) is 9.84 Å². The molecule has 8 nitrogen and oxygen atoms in total. The number of fused-ring (bicyclic) bond motifs is 1. The fourth-order valence-corrected chi connectivity index (χ4v) is 6.13. The van der Waals surface area contributed by atoms with Crippen LogP contribution in [-0.4, -0.2) is 56.7 Å². The Bertz CT molecular complexity index is 1080. The van der Waals surface area contributed by atoms with Crippen LogP contribution in [0.3, 0.4) is 0 Å². The van der Waals surface area contributed by atoms with Gasteiger partial charge < -0.3 is 15.0 Å². The monoisotopic (exact) mass is 493 g/mol. The van der Waals surface area contributed by atoms with Gasteiger partial charge in [-0.25, -0.2) is 4.98 Å². The largest absolute Gasteiger partial charge is 0.474 e. The van der Waals surface area contributed by atoms with Crippen LogP contribution in [0, 0.1) is 12.8 Å². The van der Waals surface area contributed by atoms with E-state index in [0.29, 0.717) is 24.7 Å². The summed E-state index contributed by atoms with van der Waals surface area (Å²) in [6.07, 6.45) is 12.3. The molecule has 5 rings (SSSR count). The van der Waals surface area contributed by atoms with Crippen molar-refractivity contribution in [3.8, 4) is 5.88 Å². The van der Waals surface area contributed by atoms with Crippen molar-refractivity contribution in [3.63, 3.8) is 0 Å². The van der Waals surface area contributed by atoms with Gasteiger partial charge in [-0.05, 0) is 83.1 Å². The Balaban J connectivity index is 1.14. The number of likely N-dealkylation sites (tertiary alicyclic amines) is 1. The minimum atomic E-state index is 0.000603. The third-order valence-corrected chi connectivity index (χ3v) is 8.18. The van der Waals surface area contributed by atoms with Gasteiger partial charge in [-0.2, -0.15) is 5.10 Å². The molecule has 1 aliphatic heterocycles. The first-order chi connectivity index (χ1) is 17.5. The maximum absolute atomic E-state index is 13.4. The van der Waals surface area contributed by atoms with E-state index in [1.807, 2.05) is 24.0 Å². The van der Waals surface area contributed by atoms with E-state index in [1.54, 1.807) is 13.1 Å². The number of hydrogen-bond acceptors (Lipinski definition) is 5. The number of piperidine rings is 1. The predicted octanol–water partition coefficient (Wildman–Crippen LogP) is 3.84. The first kappa shape index (κ1) is 24.8. The molecule has 0 spiro atoms. The van der Waals surface area contributed by atoms with Gasteiger partial charge in [-0.1, -0.05) is 6.07 Å². The Morgan fingerprint density at radius 3 is 2.61 bits per heavy atom. The van der Waals surface area contributed by atoms with Crippen LogP contribution < -0.4 is 10.1 Å². The molecule has 2 fully saturated rings. The SMILES string of the molecule is CC(=O)NC1CCN(C(=O)c2nn(CC[C@H]3CC[C@@H](Oc4ncccc4C)CC3)c3c2CCC3)CC1. The zero-order chi connectivity index (χ0) is 25.1. The standard InChI is InChI=1S/C28H39N5O3/c1-19-5-4-15-29-27(19)36-23-10-8-21(9-11-23)12-18-33-25-7-3-6-24(25)26(31-33)28(35)32-16-13-22(14-17-32)30-20(2)34/h4-5,15,21-23H,3,6-14,16-18H2,1-2H3,(H,30,34)/t21-,23+. The number of carbonyl (C=O) groups is 2. The molecule has 1 saturated heterocycles. The molecule has 1 saturated carbocycles. The van der Waals surface area contributed by atoms with Crippen LogP contribution in [-0.2, 0) is 24.2 Å². The number of aryl methyl sites for hydroxylation is 2. The average molecular weight is 494 g/mol. The number of pyridine rings is 1. The van der Waals surface area contributed by atoms with Gasteiger partial charge in [0.25, 0.3) is 5.91 Å². The summed E-state index contributed by atoms with van der Waals surface area (Å²) in [7, 11) is 0. The smallest absolute Gasteiger partial charge is 0.274 e. The second-order valence-electron chi connectivity index (χ2n) is 10.8. The van der Waals surface area contributed by atoms with Gasteiger partial charge in [0.15, 0.2) is 5.69 Å². The van der Waals surface area contributed by atoms with Crippen LogP contribution in [0.4, 0.5) is 0 Å².